The zero-order valence-electron chi connectivity index (χ0n) is 14.0. The molecule has 3 rings (SSSR count). The Morgan fingerprint density at radius 2 is 1.96 bits per heavy atom. The fourth-order valence-electron chi connectivity index (χ4n) is 3.23. The van der Waals surface area contributed by atoms with Crippen molar-refractivity contribution in [3.63, 3.8) is 0 Å². The van der Waals surface area contributed by atoms with Crippen molar-refractivity contribution in [3.05, 3.63) is 35.9 Å². The van der Waals surface area contributed by atoms with Crippen LogP contribution in [0.2, 0.25) is 0 Å². The molecule has 0 aliphatic carbocycles. The molecule has 1 aromatic rings. The van der Waals surface area contributed by atoms with Crippen molar-refractivity contribution >= 4 is 0 Å². The molecule has 2 aliphatic heterocycles. The number of ether oxygens (including phenoxy) is 4. The lowest BCUT2D eigenvalue weighted by Gasteiger charge is -2.28. The summed E-state index contributed by atoms with van der Waals surface area (Å²) in [7, 11) is 0. The van der Waals surface area contributed by atoms with Crippen LogP contribution in [0, 0.1) is 0 Å². The van der Waals surface area contributed by atoms with Crippen molar-refractivity contribution in [2.45, 2.75) is 76.7 Å². The summed E-state index contributed by atoms with van der Waals surface area (Å²) in [5, 5.41) is 10.4. The molecule has 5 heteroatoms. The number of rotatable bonds is 6. The highest BCUT2D eigenvalue weighted by molar-refractivity contribution is 5.13. The van der Waals surface area contributed by atoms with E-state index in [0.29, 0.717) is 13.0 Å². The van der Waals surface area contributed by atoms with Gasteiger partial charge in [0.1, 0.15) is 18.3 Å². The van der Waals surface area contributed by atoms with Crippen LogP contribution in [-0.2, 0) is 25.6 Å². The maximum Gasteiger partial charge on any atom is 0.190 e. The molecule has 0 saturated carbocycles. The fraction of sp³-hybridized carbons (Fsp3) is 0.667. The van der Waals surface area contributed by atoms with Gasteiger partial charge in [-0.15, -0.1) is 0 Å². The van der Waals surface area contributed by atoms with Gasteiger partial charge in [-0.2, -0.15) is 0 Å². The van der Waals surface area contributed by atoms with Crippen LogP contribution in [0.1, 0.15) is 39.2 Å². The van der Waals surface area contributed by atoms with Gasteiger partial charge in [-0.25, -0.2) is 0 Å². The highest BCUT2D eigenvalue weighted by atomic mass is 16.8. The standard InChI is InChI=1S/C18H26O5/c1-4-8-13(19)14-15(20-11-12-9-6-5-7-10-12)16-17(21-14)23-18(2,3)22-16/h5-7,9-10,13-17,19H,4,8,11H2,1-3H3. The van der Waals surface area contributed by atoms with Crippen LogP contribution >= 0.6 is 0 Å². The molecule has 1 aromatic carbocycles. The highest BCUT2D eigenvalue weighted by Crippen LogP contribution is 2.40. The number of hydrogen-bond acceptors (Lipinski definition) is 5. The maximum absolute atomic E-state index is 10.4. The summed E-state index contributed by atoms with van der Waals surface area (Å²) in [5.41, 5.74) is 1.08. The topological polar surface area (TPSA) is 57.2 Å². The molecule has 1 N–H and O–H groups in total. The molecule has 2 heterocycles. The van der Waals surface area contributed by atoms with Crippen molar-refractivity contribution < 1.29 is 24.1 Å². The number of benzene rings is 1. The van der Waals surface area contributed by atoms with E-state index in [0.717, 1.165) is 12.0 Å². The van der Waals surface area contributed by atoms with Crippen molar-refractivity contribution in [3.8, 4) is 0 Å². The van der Waals surface area contributed by atoms with E-state index in [1.165, 1.54) is 0 Å². The summed E-state index contributed by atoms with van der Waals surface area (Å²) in [6, 6.07) is 9.96. The van der Waals surface area contributed by atoms with E-state index in [1.54, 1.807) is 0 Å². The first-order valence-corrected chi connectivity index (χ1v) is 8.35. The lowest BCUT2D eigenvalue weighted by Crippen LogP contribution is -2.42. The summed E-state index contributed by atoms with van der Waals surface area (Å²) >= 11 is 0. The van der Waals surface area contributed by atoms with Gasteiger partial charge >= 0.3 is 0 Å². The second kappa shape index (κ2) is 6.87. The van der Waals surface area contributed by atoms with E-state index >= 15 is 0 Å². The molecular formula is C18H26O5. The van der Waals surface area contributed by atoms with Crippen LogP contribution in [0.3, 0.4) is 0 Å². The largest absolute Gasteiger partial charge is 0.390 e. The van der Waals surface area contributed by atoms with Crippen LogP contribution in [0.5, 0.6) is 0 Å². The second-order valence-corrected chi connectivity index (χ2v) is 6.69. The van der Waals surface area contributed by atoms with Gasteiger partial charge in [0.2, 0.25) is 0 Å². The minimum absolute atomic E-state index is 0.315. The molecule has 128 valence electrons. The van der Waals surface area contributed by atoms with E-state index in [-0.39, 0.29) is 12.2 Å². The van der Waals surface area contributed by atoms with Gasteiger partial charge in [0.25, 0.3) is 0 Å². The number of aliphatic hydroxyl groups excluding tert-OH is 1. The third kappa shape index (κ3) is 3.75. The highest BCUT2D eigenvalue weighted by Gasteiger charge is 2.56. The predicted octanol–water partition coefficient (Wildman–Crippen LogP) is 2.61. The second-order valence-electron chi connectivity index (χ2n) is 6.69. The molecule has 0 radical (unpaired) electrons. The maximum atomic E-state index is 10.4. The molecule has 2 saturated heterocycles. The summed E-state index contributed by atoms with van der Waals surface area (Å²) in [4.78, 5) is 0. The molecule has 0 spiro atoms. The zero-order chi connectivity index (χ0) is 16.4. The van der Waals surface area contributed by atoms with Gasteiger partial charge in [0.15, 0.2) is 12.1 Å². The van der Waals surface area contributed by atoms with Crippen LogP contribution in [0.25, 0.3) is 0 Å². The molecular weight excluding hydrogens is 296 g/mol. The molecule has 5 nitrogen and oxygen atoms in total. The van der Waals surface area contributed by atoms with Crippen LogP contribution in [-0.4, -0.2) is 41.6 Å². The average Bonchev–Trinajstić information content (AvgIpc) is 2.98. The Morgan fingerprint density at radius 3 is 2.65 bits per heavy atom. The van der Waals surface area contributed by atoms with Crippen molar-refractivity contribution in [2.75, 3.05) is 0 Å². The third-order valence-corrected chi connectivity index (χ3v) is 4.28. The molecule has 2 aliphatic rings. The minimum atomic E-state index is -0.690. The zero-order valence-corrected chi connectivity index (χ0v) is 14.0. The van der Waals surface area contributed by atoms with E-state index in [4.69, 9.17) is 18.9 Å². The number of aliphatic hydroxyl groups is 1. The molecule has 0 amide bonds. The van der Waals surface area contributed by atoms with Gasteiger partial charge in [0, 0.05) is 0 Å². The van der Waals surface area contributed by atoms with Crippen molar-refractivity contribution in [2.24, 2.45) is 0 Å². The Bertz CT molecular complexity index is 503. The number of fused-ring (bicyclic) bond motifs is 1. The van der Waals surface area contributed by atoms with E-state index in [1.807, 2.05) is 51.1 Å². The van der Waals surface area contributed by atoms with E-state index in [2.05, 4.69) is 0 Å². The Kier molecular flexibility index (Phi) is 5.04. The first-order valence-electron chi connectivity index (χ1n) is 8.35. The molecule has 0 aromatic heterocycles. The summed E-state index contributed by atoms with van der Waals surface area (Å²) in [6.45, 7) is 6.22. The Labute approximate surface area is 137 Å². The normalized spacial score (nSPS) is 33.6. The monoisotopic (exact) mass is 322 g/mol. The summed E-state index contributed by atoms with van der Waals surface area (Å²) in [5.74, 6) is -0.690. The van der Waals surface area contributed by atoms with Gasteiger partial charge < -0.3 is 24.1 Å². The van der Waals surface area contributed by atoms with Crippen LogP contribution < -0.4 is 0 Å². The summed E-state index contributed by atoms with van der Waals surface area (Å²) in [6.07, 6.45) is -0.601. The van der Waals surface area contributed by atoms with E-state index in [9.17, 15) is 5.11 Å². The Balaban J connectivity index is 1.71. The Morgan fingerprint density at radius 1 is 1.22 bits per heavy atom. The van der Waals surface area contributed by atoms with Crippen LogP contribution in [0.4, 0.5) is 0 Å². The lowest BCUT2D eigenvalue weighted by molar-refractivity contribution is -0.230. The van der Waals surface area contributed by atoms with Crippen LogP contribution in [0.15, 0.2) is 30.3 Å². The first kappa shape index (κ1) is 16.9. The van der Waals surface area contributed by atoms with Gasteiger partial charge in [0.05, 0.1) is 12.7 Å². The predicted molar refractivity (Wildman–Crippen MR) is 84.6 cm³/mol. The quantitative estimate of drug-likeness (QED) is 0.872. The average molecular weight is 322 g/mol. The number of hydrogen-bond donors (Lipinski definition) is 1. The first-order chi connectivity index (χ1) is 11.0. The molecule has 23 heavy (non-hydrogen) atoms. The van der Waals surface area contributed by atoms with Gasteiger partial charge in [-0.05, 0) is 25.8 Å². The lowest BCUT2D eigenvalue weighted by atomic mass is 10.0. The Hall–Kier alpha value is -0.980. The SMILES string of the molecule is CCCC(O)C1OC2OC(C)(C)OC2C1OCc1ccccc1. The van der Waals surface area contributed by atoms with E-state index < -0.39 is 24.3 Å². The van der Waals surface area contributed by atoms with Crippen molar-refractivity contribution in [1.29, 1.82) is 0 Å². The van der Waals surface area contributed by atoms with Gasteiger partial charge in [-0.3, -0.25) is 0 Å². The minimum Gasteiger partial charge on any atom is -0.390 e. The third-order valence-electron chi connectivity index (χ3n) is 4.28. The van der Waals surface area contributed by atoms with Crippen molar-refractivity contribution in [1.82, 2.24) is 0 Å². The molecule has 2 fully saturated rings. The smallest absolute Gasteiger partial charge is 0.190 e. The summed E-state index contributed by atoms with van der Waals surface area (Å²) < 4.78 is 23.7. The van der Waals surface area contributed by atoms with Gasteiger partial charge in [-0.1, -0.05) is 43.7 Å². The fourth-order valence-corrected chi connectivity index (χ4v) is 3.23. The molecule has 5 unspecified atom stereocenters. The molecule has 5 atom stereocenters. The molecule has 0 bridgehead atoms.